The quantitative estimate of drug-likeness (QED) is 0.570. The van der Waals surface area contributed by atoms with Gasteiger partial charge in [-0.05, 0) is 35.6 Å². The second-order valence-corrected chi connectivity index (χ2v) is 7.82. The Labute approximate surface area is 181 Å². The van der Waals surface area contributed by atoms with E-state index in [1.54, 1.807) is 6.92 Å². The van der Waals surface area contributed by atoms with Gasteiger partial charge in [0.25, 0.3) is 0 Å². The Morgan fingerprint density at radius 1 is 1.00 bits per heavy atom. The Balaban J connectivity index is 1.62. The number of benzene rings is 2. The van der Waals surface area contributed by atoms with Crippen LogP contribution in [-0.4, -0.2) is 41.8 Å². The number of fused-ring (bicyclic) bond motifs is 3. The van der Waals surface area contributed by atoms with Crippen molar-refractivity contribution in [1.29, 1.82) is 0 Å². The van der Waals surface area contributed by atoms with E-state index in [0.29, 0.717) is 12.8 Å². The van der Waals surface area contributed by atoms with Gasteiger partial charge in [0.15, 0.2) is 0 Å². The Morgan fingerprint density at radius 3 is 2.13 bits per heavy atom. The zero-order chi connectivity index (χ0) is 22.4. The molecule has 1 aliphatic carbocycles. The van der Waals surface area contributed by atoms with Crippen molar-refractivity contribution in [2.24, 2.45) is 0 Å². The van der Waals surface area contributed by atoms with Crippen LogP contribution in [0.15, 0.2) is 48.5 Å². The summed E-state index contributed by atoms with van der Waals surface area (Å²) in [6.07, 6.45) is 0.252. The normalized spacial score (nSPS) is 14.1. The molecular formula is C24H28N2O5. The van der Waals surface area contributed by atoms with Crippen LogP contribution in [0.4, 0.5) is 4.79 Å². The van der Waals surface area contributed by atoms with E-state index < -0.39 is 30.1 Å². The summed E-state index contributed by atoms with van der Waals surface area (Å²) < 4.78 is 5.51. The molecule has 31 heavy (non-hydrogen) atoms. The second-order valence-electron chi connectivity index (χ2n) is 7.82. The summed E-state index contributed by atoms with van der Waals surface area (Å²) in [5, 5.41) is 14.1. The van der Waals surface area contributed by atoms with Crippen LogP contribution in [0.2, 0.25) is 0 Å². The minimum atomic E-state index is -0.996. The minimum absolute atomic E-state index is 0.0628. The minimum Gasteiger partial charge on any atom is -0.481 e. The van der Waals surface area contributed by atoms with Gasteiger partial charge < -0.3 is 20.5 Å². The third-order valence-electron chi connectivity index (χ3n) is 5.40. The molecule has 0 spiro atoms. The fourth-order valence-electron chi connectivity index (χ4n) is 4.00. The lowest BCUT2D eigenvalue weighted by molar-refractivity contribution is -0.137. The van der Waals surface area contributed by atoms with E-state index in [0.717, 1.165) is 22.3 Å². The van der Waals surface area contributed by atoms with Gasteiger partial charge in [-0.2, -0.15) is 0 Å². The molecule has 0 saturated heterocycles. The summed E-state index contributed by atoms with van der Waals surface area (Å²) in [4.78, 5) is 35.8. The molecule has 164 valence electrons. The summed E-state index contributed by atoms with van der Waals surface area (Å²) in [6.45, 7) is 3.68. The van der Waals surface area contributed by atoms with Crippen molar-refractivity contribution < 1.29 is 24.2 Å². The number of hydrogen-bond donors (Lipinski definition) is 3. The number of rotatable bonds is 9. The van der Waals surface area contributed by atoms with Crippen LogP contribution in [0.1, 0.15) is 50.2 Å². The van der Waals surface area contributed by atoms with E-state index >= 15 is 0 Å². The lowest BCUT2D eigenvalue weighted by atomic mass is 9.98. The standard InChI is InChI=1S/C24H28N2O5/c1-3-8-21(23(29)25-15(2)13-22(27)28)26-24(30)31-14-20-18-11-6-4-9-16(18)17-10-5-7-12-19(17)20/h4-7,9-12,15,20-21H,3,8,13-14H2,1-2H3,(H,25,29)(H,26,30)(H,27,28)/t15?,21-/m0/s1. The molecular weight excluding hydrogens is 396 g/mol. The van der Waals surface area contributed by atoms with E-state index in [2.05, 4.69) is 22.8 Å². The van der Waals surface area contributed by atoms with E-state index in [9.17, 15) is 14.4 Å². The fraction of sp³-hybridized carbons (Fsp3) is 0.375. The Kier molecular flexibility index (Phi) is 7.28. The van der Waals surface area contributed by atoms with Gasteiger partial charge in [-0.25, -0.2) is 4.79 Å². The van der Waals surface area contributed by atoms with Gasteiger partial charge in [-0.15, -0.1) is 0 Å². The number of amides is 2. The van der Waals surface area contributed by atoms with Gasteiger partial charge in [0, 0.05) is 12.0 Å². The van der Waals surface area contributed by atoms with E-state index in [4.69, 9.17) is 9.84 Å². The van der Waals surface area contributed by atoms with Gasteiger partial charge in [0.2, 0.25) is 5.91 Å². The first-order valence-corrected chi connectivity index (χ1v) is 10.5. The molecule has 0 saturated carbocycles. The van der Waals surface area contributed by atoms with Crippen LogP contribution < -0.4 is 10.6 Å². The van der Waals surface area contributed by atoms with Crippen molar-refractivity contribution in [2.45, 2.75) is 51.1 Å². The molecule has 2 atom stereocenters. The van der Waals surface area contributed by atoms with Crippen molar-refractivity contribution in [2.75, 3.05) is 6.61 Å². The Hall–Kier alpha value is -3.35. The Morgan fingerprint density at radius 2 is 1.58 bits per heavy atom. The maximum atomic E-state index is 12.5. The van der Waals surface area contributed by atoms with E-state index in [1.165, 1.54) is 0 Å². The number of carbonyl (C=O) groups excluding carboxylic acids is 2. The number of aliphatic carboxylic acids is 1. The first-order chi connectivity index (χ1) is 14.9. The fourth-order valence-corrected chi connectivity index (χ4v) is 4.00. The maximum Gasteiger partial charge on any atom is 0.407 e. The molecule has 1 aliphatic rings. The second kappa shape index (κ2) is 10.1. The molecule has 2 aromatic carbocycles. The predicted octanol–water partition coefficient (Wildman–Crippen LogP) is 3.67. The molecule has 7 heteroatoms. The summed E-state index contributed by atoms with van der Waals surface area (Å²) in [6, 6.07) is 14.8. The van der Waals surface area contributed by atoms with E-state index in [-0.39, 0.29) is 18.9 Å². The number of hydrogen-bond acceptors (Lipinski definition) is 4. The summed E-state index contributed by atoms with van der Waals surface area (Å²) >= 11 is 0. The first kappa shape index (κ1) is 22.3. The van der Waals surface area contributed by atoms with Crippen molar-refractivity contribution in [3.05, 3.63) is 59.7 Å². The van der Waals surface area contributed by atoms with Gasteiger partial charge in [-0.1, -0.05) is 61.9 Å². The van der Waals surface area contributed by atoms with Gasteiger partial charge in [-0.3, -0.25) is 9.59 Å². The molecule has 3 rings (SSSR count). The van der Waals surface area contributed by atoms with Crippen molar-refractivity contribution in [1.82, 2.24) is 10.6 Å². The molecule has 1 unspecified atom stereocenters. The molecule has 3 N–H and O–H groups in total. The molecule has 0 bridgehead atoms. The number of carboxylic acids is 1. The number of ether oxygens (including phenoxy) is 1. The molecule has 0 aromatic heterocycles. The largest absolute Gasteiger partial charge is 0.481 e. The molecule has 0 radical (unpaired) electrons. The van der Waals surface area contributed by atoms with Crippen LogP contribution >= 0.6 is 0 Å². The number of alkyl carbamates (subject to hydrolysis) is 1. The highest BCUT2D eigenvalue weighted by Gasteiger charge is 2.29. The number of carbonyl (C=O) groups is 3. The molecule has 0 aliphatic heterocycles. The van der Waals surface area contributed by atoms with Crippen LogP contribution in [-0.2, 0) is 14.3 Å². The third kappa shape index (κ3) is 5.42. The number of carboxylic acid groups (broad SMARTS) is 1. The highest BCUT2D eigenvalue weighted by molar-refractivity contribution is 5.86. The first-order valence-electron chi connectivity index (χ1n) is 10.5. The van der Waals surface area contributed by atoms with Crippen LogP contribution in [0.5, 0.6) is 0 Å². The van der Waals surface area contributed by atoms with Crippen LogP contribution in [0.3, 0.4) is 0 Å². The zero-order valence-electron chi connectivity index (χ0n) is 17.8. The average molecular weight is 424 g/mol. The smallest absolute Gasteiger partial charge is 0.407 e. The predicted molar refractivity (Wildman–Crippen MR) is 117 cm³/mol. The summed E-state index contributed by atoms with van der Waals surface area (Å²) in [5.74, 6) is -1.47. The highest BCUT2D eigenvalue weighted by atomic mass is 16.5. The van der Waals surface area contributed by atoms with Gasteiger partial charge >= 0.3 is 12.1 Å². The lowest BCUT2D eigenvalue weighted by Gasteiger charge is -2.21. The van der Waals surface area contributed by atoms with Crippen molar-refractivity contribution >= 4 is 18.0 Å². The average Bonchev–Trinajstić information content (AvgIpc) is 3.05. The molecule has 2 amide bonds. The molecule has 2 aromatic rings. The SMILES string of the molecule is CCC[C@H](NC(=O)OCC1c2ccccc2-c2ccccc21)C(=O)NC(C)CC(=O)O. The van der Waals surface area contributed by atoms with Crippen LogP contribution in [0, 0.1) is 0 Å². The third-order valence-corrected chi connectivity index (χ3v) is 5.40. The summed E-state index contributed by atoms with van der Waals surface area (Å²) in [5.41, 5.74) is 4.51. The van der Waals surface area contributed by atoms with Crippen molar-refractivity contribution in [3.63, 3.8) is 0 Å². The Bertz CT molecular complexity index is 913. The summed E-state index contributed by atoms with van der Waals surface area (Å²) in [7, 11) is 0. The molecule has 7 nitrogen and oxygen atoms in total. The zero-order valence-corrected chi connectivity index (χ0v) is 17.8. The highest BCUT2D eigenvalue weighted by Crippen LogP contribution is 2.44. The maximum absolute atomic E-state index is 12.5. The number of nitrogens with one attached hydrogen (secondary N) is 2. The lowest BCUT2D eigenvalue weighted by Crippen LogP contribution is -2.49. The van der Waals surface area contributed by atoms with Crippen molar-refractivity contribution in [3.8, 4) is 11.1 Å². The van der Waals surface area contributed by atoms with Gasteiger partial charge in [0.05, 0.1) is 6.42 Å². The monoisotopic (exact) mass is 424 g/mol. The van der Waals surface area contributed by atoms with E-state index in [1.807, 2.05) is 43.3 Å². The molecule has 0 heterocycles. The topological polar surface area (TPSA) is 105 Å². The molecule has 0 fully saturated rings. The van der Waals surface area contributed by atoms with Gasteiger partial charge in [0.1, 0.15) is 12.6 Å². The van der Waals surface area contributed by atoms with Crippen LogP contribution in [0.25, 0.3) is 11.1 Å².